The van der Waals surface area contributed by atoms with E-state index in [-0.39, 0.29) is 18.6 Å². The number of halogens is 3. The van der Waals surface area contributed by atoms with Gasteiger partial charge in [0.2, 0.25) is 0 Å². The van der Waals surface area contributed by atoms with Crippen LogP contribution >= 0.6 is 0 Å². The fraction of sp³-hybridized carbons (Fsp3) is 0.917. The monoisotopic (exact) mass is 282 g/mol. The van der Waals surface area contributed by atoms with Crippen molar-refractivity contribution in [2.75, 3.05) is 26.2 Å². The van der Waals surface area contributed by atoms with Crippen molar-refractivity contribution < 1.29 is 23.1 Å². The molecule has 0 amide bonds. The van der Waals surface area contributed by atoms with Crippen LogP contribution in [0.1, 0.15) is 27.2 Å². The summed E-state index contributed by atoms with van der Waals surface area (Å²) in [5.41, 5.74) is -0.0768. The van der Waals surface area contributed by atoms with Crippen LogP contribution in [0.5, 0.6) is 0 Å². The zero-order chi connectivity index (χ0) is 14.8. The summed E-state index contributed by atoms with van der Waals surface area (Å²) in [6.45, 7) is 7.58. The lowest BCUT2D eigenvalue weighted by molar-refractivity contribution is -0.195. The van der Waals surface area contributed by atoms with Gasteiger partial charge in [-0.05, 0) is 20.8 Å². The van der Waals surface area contributed by atoms with Crippen molar-refractivity contribution in [1.82, 2.24) is 9.80 Å². The molecule has 112 valence electrons. The first-order valence-corrected chi connectivity index (χ1v) is 6.29. The lowest BCUT2D eigenvalue weighted by Gasteiger charge is -2.44. The van der Waals surface area contributed by atoms with Crippen molar-refractivity contribution in [3.8, 4) is 0 Å². The molecule has 0 aromatic rings. The third kappa shape index (κ3) is 4.65. The molecular weight excluding hydrogens is 261 g/mol. The van der Waals surface area contributed by atoms with E-state index in [2.05, 4.69) is 4.90 Å². The molecular formula is C12H21F3N2O2. The SMILES string of the molecule is CC(C)(C)N1CCN(C(CC(=O)O)C(F)(F)F)CC1. The smallest absolute Gasteiger partial charge is 0.404 e. The van der Waals surface area contributed by atoms with Gasteiger partial charge in [0, 0.05) is 31.7 Å². The summed E-state index contributed by atoms with van der Waals surface area (Å²) in [4.78, 5) is 13.9. The van der Waals surface area contributed by atoms with E-state index < -0.39 is 24.6 Å². The summed E-state index contributed by atoms with van der Waals surface area (Å²) in [5, 5.41) is 8.62. The molecule has 7 heteroatoms. The molecule has 1 aliphatic rings. The summed E-state index contributed by atoms with van der Waals surface area (Å²) in [6.07, 6.45) is -5.39. The molecule has 0 radical (unpaired) electrons. The Morgan fingerprint density at radius 1 is 1.16 bits per heavy atom. The van der Waals surface area contributed by atoms with Crippen LogP contribution in [-0.2, 0) is 4.79 Å². The Hall–Kier alpha value is -0.820. The molecule has 1 saturated heterocycles. The molecule has 1 fully saturated rings. The van der Waals surface area contributed by atoms with Gasteiger partial charge in [-0.3, -0.25) is 14.6 Å². The van der Waals surface area contributed by atoms with Gasteiger partial charge in [0.25, 0.3) is 0 Å². The highest BCUT2D eigenvalue weighted by Crippen LogP contribution is 2.29. The first kappa shape index (κ1) is 16.2. The van der Waals surface area contributed by atoms with Gasteiger partial charge in [-0.25, -0.2) is 0 Å². The Morgan fingerprint density at radius 3 is 1.95 bits per heavy atom. The van der Waals surface area contributed by atoms with Crippen LogP contribution in [0.2, 0.25) is 0 Å². The van der Waals surface area contributed by atoms with Crippen molar-refractivity contribution in [1.29, 1.82) is 0 Å². The van der Waals surface area contributed by atoms with Crippen molar-refractivity contribution in [2.45, 2.75) is 44.9 Å². The van der Waals surface area contributed by atoms with Crippen molar-refractivity contribution >= 4 is 5.97 Å². The second kappa shape index (κ2) is 5.66. The predicted molar refractivity (Wildman–Crippen MR) is 65.0 cm³/mol. The largest absolute Gasteiger partial charge is 0.481 e. The molecule has 0 aliphatic carbocycles. The molecule has 0 saturated carbocycles. The van der Waals surface area contributed by atoms with E-state index >= 15 is 0 Å². The molecule has 4 nitrogen and oxygen atoms in total. The Bertz CT molecular complexity index is 318. The number of carbonyl (C=O) groups is 1. The third-order valence-electron chi connectivity index (χ3n) is 3.45. The number of piperazine rings is 1. The Kier molecular flexibility index (Phi) is 4.84. The minimum atomic E-state index is -4.50. The van der Waals surface area contributed by atoms with Crippen molar-refractivity contribution in [3.63, 3.8) is 0 Å². The molecule has 19 heavy (non-hydrogen) atoms. The maximum atomic E-state index is 12.9. The topological polar surface area (TPSA) is 43.8 Å². The standard InChI is InChI=1S/C12H21F3N2O2/c1-11(2,3)17-6-4-16(5-7-17)9(8-10(18)19)12(13,14)15/h9H,4-8H2,1-3H3,(H,18,19). The van der Waals surface area contributed by atoms with E-state index in [9.17, 15) is 18.0 Å². The second-order valence-corrected chi connectivity index (χ2v) is 5.85. The molecule has 0 aromatic carbocycles. The van der Waals surface area contributed by atoms with Crippen LogP contribution in [0.25, 0.3) is 0 Å². The summed E-state index contributed by atoms with van der Waals surface area (Å²) >= 11 is 0. The number of hydrogen-bond acceptors (Lipinski definition) is 3. The Labute approximate surface area is 111 Å². The number of hydrogen-bond donors (Lipinski definition) is 1. The normalized spacial score (nSPS) is 21.4. The molecule has 0 spiro atoms. The lowest BCUT2D eigenvalue weighted by Crippen LogP contribution is -2.58. The molecule has 1 atom stereocenters. The number of carboxylic acid groups (broad SMARTS) is 1. The molecule has 1 rings (SSSR count). The number of carboxylic acids is 1. The number of nitrogens with zero attached hydrogens (tertiary/aromatic N) is 2. The molecule has 1 N–H and O–H groups in total. The quantitative estimate of drug-likeness (QED) is 0.857. The minimum absolute atomic E-state index is 0.0768. The lowest BCUT2D eigenvalue weighted by atomic mass is 10.0. The molecule has 1 unspecified atom stereocenters. The Balaban J connectivity index is 2.67. The van der Waals surface area contributed by atoms with Crippen LogP contribution in [-0.4, -0.2) is 64.8 Å². The van der Waals surface area contributed by atoms with Crippen LogP contribution in [0.4, 0.5) is 13.2 Å². The fourth-order valence-electron chi connectivity index (χ4n) is 2.32. The highest BCUT2D eigenvalue weighted by atomic mass is 19.4. The van der Waals surface area contributed by atoms with E-state index in [4.69, 9.17) is 5.11 Å². The maximum absolute atomic E-state index is 12.9. The highest BCUT2D eigenvalue weighted by Gasteiger charge is 2.45. The zero-order valence-corrected chi connectivity index (χ0v) is 11.5. The average Bonchev–Trinajstić information content (AvgIpc) is 2.23. The average molecular weight is 282 g/mol. The number of rotatable bonds is 3. The summed E-state index contributed by atoms with van der Waals surface area (Å²) < 4.78 is 38.6. The third-order valence-corrected chi connectivity index (χ3v) is 3.45. The van der Waals surface area contributed by atoms with Gasteiger partial charge in [-0.1, -0.05) is 0 Å². The second-order valence-electron chi connectivity index (χ2n) is 5.85. The number of alkyl halides is 3. The van der Waals surface area contributed by atoms with Crippen molar-refractivity contribution in [2.24, 2.45) is 0 Å². The first-order chi connectivity index (χ1) is 8.51. The summed E-state index contributed by atoms with van der Waals surface area (Å²) in [7, 11) is 0. The first-order valence-electron chi connectivity index (χ1n) is 6.29. The summed E-state index contributed by atoms with van der Waals surface area (Å²) in [6, 6.07) is -1.88. The van der Waals surface area contributed by atoms with Crippen LogP contribution in [0.15, 0.2) is 0 Å². The molecule has 1 aliphatic heterocycles. The van der Waals surface area contributed by atoms with E-state index in [1.807, 2.05) is 20.8 Å². The molecule has 0 bridgehead atoms. The van der Waals surface area contributed by atoms with E-state index in [1.165, 1.54) is 4.90 Å². The van der Waals surface area contributed by atoms with Crippen molar-refractivity contribution in [3.05, 3.63) is 0 Å². The van der Waals surface area contributed by atoms with E-state index in [0.717, 1.165) is 0 Å². The summed E-state index contributed by atoms with van der Waals surface area (Å²) in [5.74, 6) is -1.42. The highest BCUT2D eigenvalue weighted by molar-refractivity contribution is 5.67. The van der Waals surface area contributed by atoms with Gasteiger partial charge >= 0.3 is 12.1 Å². The zero-order valence-electron chi connectivity index (χ0n) is 11.5. The molecule has 0 aromatic heterocycles. The number of aliphatic carboxylic acids is 1. The fourth-order valence-corrected chi connectivity index (χ4v) is 2.32. The van der Waals surface area contributed by atoms with Gasteiger partial charge in [-0.2, -0.15) is 13.2 Å². The van der Waals surface area contributed by atoms with Gasteiger partial charge in [0.05, 0.1) is 6.42 Å². The van der Waals surface area contributed by atoms with Crippen LogP contribution in [0.3, 0.4) is 0 Å². The van der Waals surface area contributed by atoms with Crippen LogP contribution in [0, 0.1) is 0 Å². The van der Waals surface area contributed by atoms with E-state index in [0.29, 0.717) is 13.1 Å². The van der Waals surface area contributed by atoms with Gasteiger partial charge in [0.15, 0.2) is 0 Å². The van der Waals surface area contributed by atoms with Gasteiger partial charge in [-0.15, -0.1) is 0 Å². The Morgan fingerprint density at radius 2 is 1.63 bits per heavy atom. The van der Waals surface area contributed by atoms with Crippen LogP contribution < -0.4 is 0 Å². The van der Waals surface area contributed by atoms with E-state index in [1.54, 1.807) is 0 Å². The molecule has 1 heterocycles. The maximum Gasteiger partial charge on any atom is 0.404 e. The van der Waals surface area contributed by atoms with Gasteiger partial charge in [0.1, 0.15) is 6.04 Å². The predicted octanol–water partition coefficient (Wildman–Crippen LogP) is 1.81. The van der Waals surface area contributed by atoms with Gasteiger partial charge < -0.3 is 5.11 Å². The minimum Gasteiger partial charge on any atom is -0.481 e.